The minimum Gasteiger partial charge on any atom is -0.462 e. The number of carbonyl (C=O) groups is 4. The van der Waals surface area contributed by atoms with Crippen molar-refractivity contribution in [1.82, 2.24) is 44.9 Å². The van der Waals surface area contributed by atoms with Crippen LogP contribution in [0.25, 0.3) is 54.6 Å². The normalized spacial score (nSPS) is 11.9. The van der Waals surface area contributed by atoms with E-state index < -0.39 is 78.3 Å². The number of hydrogen-bond donors (Lipinski definition) is 2. The SMILES string of the molecule is CC(=O)C(F)(F)Br.CCOC(=O)C(F)(F)C(O)c1ccc2cccnc2n1.CCOC(=O)C(F)(F)Cc1ccc2cccnc2n1.NCC(F)(F)Cc1ccc2c(n1)CCCC2.O=Cc1ccc2cccnc2n1.S.[3HH].[HH].[N-]=[N+]=NCC(F)(F)Cc1ccc2cccnc2n1.[U].[V].[Zn]. The Morgan fingerprint density at radius 3 is 1.54 bits per heavy atom. The van der Waals surface area contributed by atoms with Crippen molar-refractivity contribution in [3.63, 3.8) is 0 Å². The van der Waals surface area contributed by atoms with Gasteiger partial charge in [0.2, 0.25) is 5.78 Å². The number of ketones is 1. The van der Waals surface area contributed by atoms with E-state index in [1.807, 2.05) is 40.2 Å². The number of rotatable bonds is 17. The molecule has 1 aliphatic carbocycles. The molecule has 0 aromatic carbocycles. The predicted octanol–water partition coefficient (Wildman–Crippen LogP) is 13.1. The number of azide groups is 1. The number of carbonyl (C=O) groups excluding carboxylic acids is 4. The van der Waals surface area contributed by atoms with Gasteiger partial charge in [0.15, 0.2) is 35.0 Å². The van der Waals surface area contributed by atoms with E-state index in [-0.39, 0.29) is 128 Å². The second-order valence-electron chi connectivity index (χ2n) is 19.6. The smallest absolute Gasteiger partial charge is 0.380 e. The Bertz CT molecular complexity index is 4050. The summed E-state index contributed by atoms with van der Waals surface area (Å²) < 4.78 is 139. The third-order valence-corrected chi connectivity index (χ3v) is 13.0. The van der Waals surface area contributed by atoms with Gasteiger partial charge in [-0.15, -0.1) is 0 Å². The molecule has 35 heteroatoms. The van der Waals surface area contributed by atoms with Crippen LogP contribution in [-0.4, -0.2) is 129 Å². The number of esters is 2. The van der Waals surface area contributed by atoms with Gasteiger partial charge in [-0.1, -0.05) is 11.2 Å². The van der Waals surface area contributed by atoms with Gasteiger partial charge >= 0.3 is 28.6 Å². The molecule has 9 aromatic heterocycles. The molecule has 0 amide bonds. The summed E-state index contributed by atoms with van der Waals surface area (Å²) in [5.41, 5.74) is 17.7. The number of pyridine rings is 9. The minimum absolute atomic E-state index is 0. The van der Waals surface area contributed by atoms with E-state index in [1.54, 1.807) is 73.1 Å². The summed E-state index contributed by atoms with van der Waals surface area (Å²) in [5, 5.41) is 15.7. The maximum atomic E-state index is 13.7. The largest absolute Gasteiger partial charge is 0.462 e. The quantitative estimate of drug-likeness (QED) is 0.0125. The molecule has 3 N–H and O–H groups in total. The molecular formula is C61H64BrF10N13O7SUVZn. The molecule has 0 spiro atoms. The van der Waals surface area contributed by atoms with Crippen molar-refractivity contribution in [2.75, 3.05) is 26.3 Å². The second-order valence-corrected chi connectivity index (χ2v) is 20.6. The van der Waals surface area contributed by atoms with E-state index in [1.165, 1.54) is 62.5 Å². The van der Waals surface area contributed by atoms with Crippen LogP contribution in [0, 0.1) is 31.1 Å². The van der Waals surface area contributed by atoms with Crippen molar-refractivity contribution >= 4 is 97.6 Å². The number of aldehydes is 1. The molecule has 9 aromatic rings. The number of hydrogen-bond acceptors (Lipinski definition) is 18. The molecule has 509 valence electrons. The Morgan fingerprint density at radius 1 is 0.656 bits per heavy atom. The van der Waals surface area contributed by atoms with Crippen LogP contribution in [0.3, 0.4) is 0 Å². The topological polar surface area (TPSA) is 298 Å². The molecule has 0 saturated carbocycles. The Labute approximate surface area is 609 Å². The van der Waals surface area contributed by atoms with Gasteiger partial charge in [0, 0.05) is 153 Å². The first-order valence-corrected chi connectivity index (χ1v) is 28.4. The van der Waals surface area contributed by atoms with Gasteiger partial charge < -0.3 is 20.3 Å². The van der Waals surface area contributed by atoms with Crippen LogP contribution >= 0.6 is 29.4 Å². The number of aryl methyl sites for hydroxylation is 2. The van der Waals surface area contributed by atoms with Crippen LogP contribution in [0.2, 0.25) is 0 Å². The number of fused-ring (bicyclic) bond motifs is 5. The summed E-state index contributed by atoms with van der Waals surface area (Å²) in [6, 6.07) is 30.4. The summed E-state index contributed by atoms with van der Waals surface area (Å²) in [6.07, 6.45) is 7.03. The fourth-order valence-electron chi connectivity index (χ4n) is 7.91. The van der Waals surface area contributed by atoms with Crippen molar-refractivity contribution in [3.8, 4) is 0 Å². The van der Waals surface area contributed by atoms with Crippen molar-refractivity contribution in [2.24, 2.45) is 10.8 Å². The zero-order valence-electron chi connectivity index (χ0n) is 51.3. The van der Waals surface area contributed by atoms with Crippen molar-refractivity contribution in [1.29, 1.82) is 0 Å². The van der Waals surface area contributed by atoms with Crippen LogP contribution in [0.1, 0.15) is 87.1 Å². The van der Waals surface area contributed by atoms with E-state index in [0.29, 0.717) is 40.0 Å². The molecule has 20 nitrogen and oxygen atoms in total. The third-order valence-electron chi connectivity index (χ3n) is 12.5. The first kappa shape index (κ1) is 87.3. The Kier molecular flexibility index (Phi) is 37.8. The molecule has 9 heterocycles. The number of halogens is 11. The van der Waals surface area contributed by atoms with Crippen LogP contribution < -0.4 is 5.73 Å². The van der Waals surface area contributed by atoms with Crippen LogP contribution in [-0.2, 0) is 94.0 Å². The Balaban J connectivity index is 0. The average molecular weight is 1750 g/mol. The number of aliphatic hydroxyl groups is 1. The number of ether oxygens (including phenoxy) is 2. The number of alkyl halides is 11. The van der Waals surface area contributed by atoms with E-state index >= 15 is 0 Å². The third kappa shape index (κ3) is 28.0. The van der Waals surface area contributed by atoms with Gasteiger partial charge in [0.25, 0.3) is 11.8 Å². The molecule has 1 radical (unpaired) electrons. The van der Waals surface area contributed by atoms with Crippen LogP contribution in [0.5, 0.6) is 0 Å². The summed E-state index contributed by atoms with van der Waals surface area (Å²) in [4.78, 5) is 77.4. The van der Waals surface area contributed by atoms with E-state index in [0.717, 1.165) is 48.0 Å². The molecule has 1 unspecified atom stereocenters. The van der Waals surface area contributed by atoms with Crippen molar-refractivity contribution < 1.29 is 150 Å². The van der Waals surface area contributed by atoms with Gasteiger partial charge in [-0.2, -0.15) is 39.8 Å². The van der Waals surface area contributed by atoms with E-state index in [4.69, 9.17) is 11.3 Å². The molecule has 0 bridgehead atoms. The second kappa shape index (κ2) is 41.5. The number of nitrogens with zero attached hydrogens (tertiary/aromatic N) is 12. The molecule has 0 aliphatic heterocycles. The summed E-state index contributed by atoms with van der Waals surface area (Å²) in [6.45, 7) is 1.92. The molecule has 96 heavy (non-hydrogen) atoms. The summed E-state index contributed by atoms with van der Waals surface area (Å²) in [7, 11) is 0. The standard InChI is InChI=1S/C13H12F2N2O3.C13H12F2N2O2.C12H16F2N2.C11H9F2N5.C9H6N2O.C3H3BrF2O.H2S.U.V.Zn.2H2/c1-2-20-12(19)13(14,15)10(18)9-6-5-8-4-3-7-16-11(8)17-9;1-2-19-12(18)13(14,15)8-10-6-5-9-4-3-7-16-11(9)17-10;13-12(14,8-15)7-10-6-5-9-3-1-2-4-11(9)16-10;12-11(13,7-16-18-14)6-9-4-3-8-2-1-5-15-10(8)17-9;12-6-8-4-3-7-2-1-5-10-9(7)11-8;1-2(7)3(4,5)6;;;;;;/h3-7,10,18H,2H2,1H3;3-7H,2,8H2,1H3;5-6H,1-4,7-8,15H2;1-5H,6-7H2;1-6H;1H3;1H2;;;;2*1H/i;;;;;;;;;;1+2;. The van der Waals surface area contributed by atoms with Gasteiger partial charge in [0.05, 0.1) is 51.3 Å². The zero-order valence-corrected chi connectivity index (χ0v) is 62.4. The minimum atomic E-state index is -4.06. The molecule has 10 rings (SSSR count). The zero-order chi connectivity index (χ0) is 67.7. The van der Waals surface area contributed by atoms with Gasteiger partial charge in [-0.25, -0.2) is 67.0 Å². The number of nitrogens with two attached hydrogens (primary N) is 1. The molecule has 1 aliphatic rings. The van der Waals surface area contributed by atoms with Crippen LogP contribution in [0.15, 0.2) is 139 Å². The first-order valence-electron chi connectivity index (χ1n) is 27.6. The Morgan fingerprint density at radius 2 is 1.07 bits per heavy atom. The molecular weight excluding hydrogens is 1680 g/mol. The van der Waals surface area contributed by atoms with E-state index in [9.17, 15) is 68.2 Å². The first-order chi connectivity index (χ1) is 43.5. The maximum Gasteiger partial charge on any atom is 0.380 e. The van der Waals surface area contributed by atoms with Crippen molar-refractivity contribution in [3.05, 3.63) is 184 Å². The number of Topliss-reactive ketones (excluding diaryl/α,β-unsaturated/α-hetero) is 1. The monoisotopic (exact) mass is 1750 g/mol. The van der Waals surface area contributed by atoms with Crippen LogP contribution in [0.4, 0.5) is 43.9 Å². The van der Waals surface area contributed by atoms with Gasteiger partial charge in [-0.05, 0) is 170 Å². The van der Waals surface area contributed by atoms with E-state index in [2.05, 4.69) is 64.4 Å². The molecule has 0 fully saturated rings. The maximum absolute atomic E-state index is 13.7. The van der Waals surface area contributed by atoms with Gasteiger partial charge in [-0.3, -0.25) is 14.6 Å². The summed E-state index contributed by atoms with van der Waals surface area (Å²) in [5.74, 6) is -18.1. The Hall–Kier alpha value is -6.71. The predicted molar refractivity (Wildman–Crippen MR) is 336 cm³/mol. The fraction of sp³-hybridized carbons (Fsp3) is 0.328. The fourth-order valence-corrected chi connectivity index (χ4v) is 7.91. The average Bonchev–Trinajstić information content (AvgIpc) is 0.821. The number of aromatic nitrogens is 9. The molecule has 0 saturated heterocycles. The molecule has 1 atom stereocenters. The van der Waals surface area contributed by atoms with Gasteiger partial charge in [0.1, 0.15) is 5.69 Å². The summed E-state index contributed by atoms with van der Waals surface area (Å²) >= 11 is 1.86. The number of aliphatic hydroxyl groups excluding tert-OH is 1. The van der Waals surface area contributed by atoms with Crippen molar-refractivity contribution in [2.45, 2.75) is 100 Å².